The first kappa shape index (κ1) is 18.4. The molecule has 0 aliphatic rings. The van der Waals surface area contributed by atoms with Crippen LogP contribution in [0, 0.1) is 6.92 Å². The molecule has 0 aliphatic heterocycles. The maximum atomic E-state index is 11.8. The summed E-state index contributed by atoms with van der Waals surface area (Å²) in [5.41, 5.74) is 2.97. The summed E-state index contributed by atoms with van der Waals surface area (Å²) in [6, 6.07) is 13.6. The van der Waals surface area contributed by atoms with Crippen LogP contribution in [0.25, 0.3) is 16.8 Å². The van der Waals surface area contributed by atoms with E-state index in [0.29, 0.717) is 5.69 Å². The number of aryl methyl sites for hydroxylation is 2. The molecule has 3 aromatic rings. The average molecular weight is 364 g/mol. The lowest BCUT2D eigenvalue weighted by atomic mass is 9.97. The van der Waals surface area contributed by atoms with Crippen molar-refractivity contribution in [3.8, 4) is 22.6 Å². The highest BCUT2D eigenvalue weighted by molar-refractivity contribution is 5.85. The zero-order valence-electron chi connectivity index (χ0n) is 15.1. The quantitative estimate of drug-likeness (QED) is 0.722. The molecule has 3 rings (SSSR count). The molecule has 0 radical (unpaired) electrons. The van der Waals surface area contributed by atoms with Crippen LogP contribution in [0.3, 0.4) is 0 Å². The van der Waals surface area contributed by atoms with E-state index in [0.717, 1.165) is 35.7 Å². The number of aromatic nitrogens is 2. The van der Waals surface area contributed by atoms with Gasteiger partial charge < -0.3 is 10.2 Å². The lowest BCUT2D eigenvalue weighted by Crippen LogP contribution is -2.21. The van der Waals surface area contributed by atoms with Gasteiger partial charge in [0.1, 0.15) is 0 Å². The summed E-state index contributed by atoms with van der Waals surface area (Å²) in [6.07, 6.45) is 3.12. The molecule has 0 amide bonds. The molecule has 0 saturated heterocycles. The molecule has 1 heterocycles. The van der Waals surface area contributed by atoms with Crippen LogP contribution >= 0.6 is 0 Å². The molecule has 1 aromatic heterocycles. The van der Waals surface area contributed by atoms with E-state index in [2.05, 4.69) is 24.2 Å². The van der Waals surface area contributed by atoms with Gasteiger partial charge >= 0.3 is 5.97 Å². The molecule has 0 fully saturated rings. The summed E-state index contributed by atoms with van der Waals surface area (Å²) in [4.78, 5) is 23.1. The Morgan fingerprint density at radius 2 is 1.93 bits per heavy atom. The Labute approximate surface area is 156 Å². The summed E-state index contributed by atoms with van der Waals surface area (Å²) in [7, 11) is 0. The molecule has 0 unspecified atom stereocenters. The molecule has 0 spiro atoms. The highest BCUT2D eigenvalue weighted by Crippen LogP contribution is 2.29. The van der Waals surface area contributed by atoms with Crippen LogP contribution < -0.4 is 5.43 Å². The number of aromatic hydroxyl groups is 1. The minimum absolute atomic E-state index is 0.573. The Morgan fingerprint density at radius 1 is 1.19 bits per heavy atom. The van der Waals surface area contributed by atoms with Crippen LogP contribution in [0.4, 0.5) is 0 Å². The Kier molecular flexibility index (Phi) is 5.07. The standard InChI is InChI=1S/C21H20N2O4/c1-3-6-14-9-13(2)10-15(11-14)16-7-4-5-8-17(16)23-12-18(24)20(25)19(22-23)21(26)27/h4-5,7-12,24H,3,6H2,1-2H3,(H,26,27). The van der Waals surface area contributed by atoms with E-state index < -0.39 is 22.8 Å². The number of hydrogen-bond acceptors (Lipinski definition) is 4. The van der Waals surface area contributed by atoms with Gasteiger partial charge in [-0.05, 0) is 30.5 Å². The largest absolute Gasteiger partial charge is 0.503 e. The van der Waals surface area contributed by atoms with Crippen LogP contribution in [0.1, 0.15) is 35.0 Å². The number of carbonyl (C=O) groups is 1. The van der Waals surface area contributed by atoms with Crippen molar-refractivity contribution in [3.05, 3.63) is 75.7 Å². The van der Waals surface area contributed by atoms with Crippen molar-refractivity contribution in [2.75, 3.05) is 0 Å². The number of rotatable bonds is 5. The van der Waals surface area contributed by atoms with Gasteiger partial charge in [0.25, 0.3) is 5.43 Å². The normalized spacial score (nSPS) is 10.7. The Bertz CT molecular complexity index is 1070. The SMILES string of the molecule is CCCc1cc(C)cc(-c2ccccc2-n2cc(O)c(=O)c(C(=O)O)n2)c1. The highest BCUT2D eigenvalue weighted by Gasteiger charge is 2.17. The van der Waals surface area contributed by atoms with Gasteiger partial charge in [-0.15, -0.1) is 0 Å². The summed E-state index contributed by atoms with van der Waals surface area (Å²) in [5, 5.41) is 23.0. The molecule has 138 valence electrons. The number of carboxylic acid groups (broad SMARTS) is 1. The summed E-state index contributed by atoms with van der Waals surface area (Å²) >= 11 is 0. The lowest BCUT2D eigenvalue weighted by Gasteiger charge is -2.14. The fraction of sp³-hybridized carbons (Fsp3) is 0.190. The molecule has 0 aliphatic carbocycles. The van der Waals surface area contributed by atoms with Crippen molar-refractivity contribution < 1.29 is 15.0 Å². The van der Waals surface area contributed by atoms with E-state index in [1.54, 1.807) is 12.1 Å². The van der Waals surface area contributed by atoms with Crippen molar-refractivity contribution in [3.63, 3.8) is 0 Å². The lowest BCUT2D eigenvalue weighted by molar-refractivity contribution is 0.0686. The maximum Gasteiger partial charge on any atom is 0.360 e. The van der Waals surface area contributed by atoms with E-state index in [1.807, 2.05) is 25.1 Å². The van der Waals surface area contributed by atoms with Gasteiger partial charge in [-0.2, -0.15) is 5.10 Å². The van der Waals surface area contributed by atoms with Crippen molar-refractivity contribution in [1.29, 1.82) is 0 Å². The van der Waals surface area contributed by atoms with Gasteiger partial charge in [0, 0.05) is 5.56 Å². The second-order valence-corrected chi connectivity index (χ2v) is 6.42. The molecular weight excluding hydrogens is 344 g/mol. The van der Waals surface area contributed by atoms with Crippen LogP contribution in [0.2, 0.25) is 0 Å². The fourth-order valence-electron chi connectivity index (χ4n) is 3.11. The molecule has 6 heteroatoms. The maximum absolute atomic E-state index is 11.8. The average Bonchev–Trinajstić information content (AvgIpc) is 2.63. The van der Waals surface area contributed by atoms with Gasteiger partial charge in [0.15, 0.2) is 5.75 Å². The zero-order chi connectivity index (χ0) is 19.6. The predicted molar refractivity (Wildman–Crippen MR) is 103 cm³/mol. The first-order valence-electron chi connectivity index (χ1n) is 8.67. The molecule has 2 N–H and O–H groups in total. The number of carboxylic acids is 1. The predicted octanol–water partition coefficient (Wildman–Crippen LogP) is 3.56. The molecule has 0 saturated carbocycles. The number of benzene rings is 2. The highest BCUT2D eigenvalue weighted by atomic mass is 16.4. The van der Waals surface area contributed by atoms with E-state index in [-0.39, 0.29) is 0 Å². The third-order valence-corrected chi connectivity index (χ3v) is 4.24. The Balaban J connectivity index is 2.22. The monoisotopic (exact) mass is 364 g/mol. The Hall–Kier alpha value is -3.41. The second kappa shape index (κ2) is 7.45. The third kappa shape index (κ3) is 3.74. The van der Waals surface area contributed by atoms with Gasteiger partial charge in [-0.25, -0.2) is 9.48 Å². The smallest absolute Gasteiger partial charge is 0.360 e. The molecular formula is C21H20N2O4. The molecule has 2 aromatic carbocycles. The first-order valence-corrected chi connectivity index (χ1v) is 8.67. The first-order chi connectivity index (χ1) is 12.9. The summed E-state index contributed by atoms with van der Waals surface area (Å²) in [5.74, 6) is -2.14. The molecule has 0 bridgehead atoms. The molecule has 27 heavy (non-hydrogen) atoms. The van der Waals surface area contributed by atoms with E-state index >= 15 is 0 Å². The second-order valence-electron chi connectivity index (χ2n) is 6.42. The number of hydrogen-bond donors (Lipinski definition) is 2. The molecule has 0 atom stereocenters. The topological polar surface area (TPSA) is 92.4 Å². The van der Waals surface area contributed by atoms with Crippen LogP contribution in [-0.4, -0.2) is 26.0 Å². The zero-order valence-corrected chi connectivity index (χ0v) is 15.1. The van der Waals surface area contributed by atoms with Gasteiger partial charge in [-0.1, -0.05) is 55.3 Å². The Morgan fingerprint density at radius 3 is 2.63 bits per heavy atom. The van der Waals surface area contributed by atoms with Crippen molar-refractivity contribution >= 4 is 5.97 Å². The number of para-hydroxylation sites is 1. The van der Waals surface area contributed by atoms with E-state index in [4.69, 9.17) is 0 Å². The van der Waals surface area contributed by atoms with Crippen molar-refractivity contribution in [2.24, 2.45) is 0 Å². The van der Waals surface area contributed by atoms with Gasteiger partial charge in [0.05, 0.1) is 11.9 Å². The van der Waals surface area contributed by atoms with Crippen molar-refractivity contribution in [2.45, 2.75) is 26.7 Å². The van der Waals surface area contributed by atoms with Gasteiger partial charge in [0.2, 0.25) is 5.69 Å². The minimum Gasteiger partial charge on any atom is -0.503 e. The fourth-order valence-corrected chi connectivity index (χ4v) is 3.11. The van der Waals surface area contributed by atoms with Gasteiger partial charge in [-0.3, -0.25) is 4.79 Å². The van der Waals surface area contributed by atoms with E-state index in [9.17, 15) is 19.8 Å². The van der Waals surface area contributed by atoms with Crippen LogP contribution in [-0.2, 0) is 6.42 Å². The summed E-state index contributed by atoms with van der Waals surface area (Å²) < 4.78 is 1.23. The minimum atomic E-state index is -1.48. The van der Waals surface area contributed by atoms with E-state index in [1.165, 1.54) is 10.2 Å². The molecule has 6 nitrogen and oxygen atoms in total. The number of nitrogens with zero attached hydrogens (tertiary/aromatic N) is 2. The van der Waals surface area contributed by atoms with Crippen molar-refractivity contribution in [1.82, 2.24) is 9.78 Å². The third-order valence-electron chi connectivity index (χ3n) is 4.24. The van der Waals surface area contributed by atoms with Crippen LogP contribution in [0.5, 0.6) is 5.75 Å². The number of aromatic carboxylic acids is 1. The summed E-state index contributed by atoms with van der Waals surface area (Å²) in [6.45, 7) is 4.15. The van der Waals surface area contributed by atoms with Crippen LogP contribution in [0.15, 0.2) is 53.5 Å².